The number of hydrogen-bond donors (Lipinski definition) is 0. The van der Waals surface area contributed by atoms with Crippen LogP contribution in [0.5, 0.6) is 0 Å². The van der Waals surface area contributed by atoms with Crippen molar-refractivity contribution in [1.29, 1.82) is 0 Å². The molecule has 0 saturated heterocycles. The topological polar surface area (TPSA) is 0 Å². The van der Waals surface area contributed by atoms with Crippen molar-refractivity contribution in [2.75, 3.05) is 0 Å². The smallest absolute Gasteiger partial charge is 0.0171 e. The fourth-order valence-electron chi connectivity index (χ4n) is 2.85. The number of rotatable bonds is 13. The summed E-state index contributed by atoms with van der Waals surface area (Å²) in [4.78, 5) is 0. The van der Waals surface area contributed by atoms with E-state index >= 15 is 0 Å². The zero-order chi connectivity index (χ0) is 19.2. The van der Waals surface area contributed by atoms with Crippen LogP contribution in [0.4, 0.5) is 0 Å². The van der Waals surface area contributed by atoms with Crippen LogP contribution in [0.25, 0.3) is 0 Å². The summed E-state index contributed by atoms with van der Waals surface area (Å²) in [6.07, 6.45) is 17.3. The molecule has 25 heavy (non-hydrogen) atoms. The standard InChI is InChI=1S/C25H42/c1-9-22(6)16-18-25(24(8)15-11-13-21(4)5)19-17-23(7)14-10-12-20(2)3/h9,12-13,17,22,25H,1,8,10-11,14-16,18-19H2,2-7H3. The van der Waals surface area contributed by atoms with Gasteiger partial charge in [-0.25, -0.2) is 0 Å². The van der Waals surface area contributed by atoms with Crippen LogP contribution in [-0.4, -0.2) is 0 Å². The van der Waals surface area contributed by atoms with E-state index in [4.69, 9.17) is 0 Å². The van der Waals surface area contributed by atoms with E-state index in [1.54, 1.807) is 0 Å². The molecule has 0 amide bonds. The zero-order valence-electron chi connectivity index (χ0n) is 17.8. The highest BCUT2D eigenvalue weighted by Crippen LogP contribution is 2.27. The van der Waals surface area contributed by atoms with Crippen LogP contribution in [-0.2, 0) is 0 Å². The second-order valence-electron chi connectivity index (χ2n) is 8.07. The van der Waals surface area contributed by atoms with Crippen molar-refractivity contribution in [1.82, 2.24) is 0 Å². The van der Waals surface area contributed by atoms with Gasteiger partial charge >= 0.3 is 0 Å². The van der Waals surface area contributed by atoms with E-state index in [1.807, 2.05) is 0 Å². The first-order valence-corrected chi connectivity index (χ1v) is 9.98. The van der Waals surface area contributed by atoms with Gasteiger partial charge in [0.1, 0.15) is 0 Å². The van der Waals surface area contributed by atoms with Crippen molar-refractivity contribution in [2.45, 2.75) is 86.5 Å². The Morgan fingerprint density at radius 1 is 0.840 bits per heavy atom. The molecule has 0 aliphatic rings. The van der Waals surface area contributed by atoms with Crippen molar-refractivity contribution < 1.29 is 0 Å². The monoisotopic (exact) mass is 342 g/mol. The Bertz CT molecular complexity index is 476. The summed E-state index contributed by atoms with van der Waals surface area (Å²) in [5, 5.41) is 0. The lowest BCUT2D eigenvalue weighted by Crippen LogP contribution is -2.05. The van der Waals surface area contributed by atoms with Gasteiger partial charge in [0.05, 0.1) is 0 Å². The highest BCUT2D eigenvalue weighted by molar-refractivity contribution is 5.09. The van der Waals surface area contributed by atoms with Crippen LogP contribution in [0.3, 0.4) is 0 Å². The first-order chi connectivity index (χ1) is 11.8. The maximum Gasteiger partial charge on any atom is -0.0171 e. The fraction of sp³-hybridized carbons (Fsp3) is 0.600. The van der Waals surface area contributed by atoms with E-state index in [9.17, 15) is 0 Å². The van der Waals surface area contributed by atoms with Gasteiger partial charge in [-0.05, 0) is 91.4 Å². The number of allylic oxidation sites excluding steroid dienone is 8. The lowest BCUT2D eigenvalue weighted by Gasteiger charge is -2.20. The molecule has 2 unspecified atom stereocenters. The fourth-order valence-corrected chi connectivity index (χ4v) is 2.85. The lowest BCUT2D eigenvalue weighted by atomic mass is 9.86. The highest BCUT2D eigenvalue weighted by atomic mass is 14.2. The summed E-state index contributed by atoms with van der Waals surface area (Å²) < 4.78 is 0. The summed E-state index contributed by atoms with van der Waals surface area (Å²) in [5.74, 6) is 1.20. The van der Waals surface area contributed by atoms with Gasteiger partial charge in [-0.2, -0.15) is 0 Å². The summed E-state index contributed by atoms with van der Waals surface area (Å²) in [6.45, 7) is 21.6. The second kappa shape index (κ2) is 13.9. The van der Waals surface area contributed by atoms with Gasteiger partial charge in [0.2, 0.25) is 0 Å². The van der Waals surface area contributed by atoms with Crippen molar-refractivity contribution in [3.8, 4) is 0 Å². The van der Waals surface area contributed by atoms with Crippen molar-refractivity contribution in [3.05, 3.63) is 59.8 Å². The molecular formula is C25H42. The minimum absolute atomic E-state index is 0.593. The van der Waals surface area contributed by atoms with Crippen LogP contribution >= 0.6 is 0 Å². The minimum Gasteiger partial charge on any atom is -0.103 e. The normalized spacial score (nSPS) is 13.8. The third-order valence-electron chi connectivity index (χ3n) is 4.81. The molecule has 0 saturated carbocycles. The Balaban J connectivity index is 4.70. The van der Waals surface area contributed by atoms with Gasteiger partial charge in [0.25, 0.3) is 0 Å². The molecule has 142 valence electrons. The van der Waals surface area contributed by atoms with E-state index in [1.165, 1.54) is 41.6 Å². The van der Waals surface area contributed by atoms with Crippen LogP contribution in [0.2, 0.25) is 0 Å². The lowest BCUT2D eigenvalue weighted by molar-refractivity contribution is 0.483. The molecule has 0 aliphatic carbocycles. The predicted molar refractivity (Wildman–Crippen MR) is 117 cm³/mol. The highest BCUT2D eigenvalue weighted by Gasteiger charge is 2.12. The predicted octanol–water partition coefficient (Wildman–Crippen LogP) is 8.59. The molecule has 0 aromatic heterocycles. The van der Waals surface area contributed by atoms with E-state index in [0.717, 1.165) is 25.7 Å². The van der Waals surface area contributed by atoms with Crippen molar-refractivity contribution in [3.63, 3.8) is 0 Å². The molecule has 0 N–H and O–H groups in total. The van der Waals surface area contributed by atoms with Gasteiger partial charge in [0.15, 0.2) is 0 Å². The second-order valence-corrected chi connectivity index (χ2v) is 8.07. The molecule has 0 fully saturated rings. The van der Waals surface area contributed by atoms with E-state index in [0.29, 0.717) is 11.8 Å². The van der Waals surface area contributed by atoms with Crippen LogP contribution < -0.4 is 0 Å². The van der Waals surface area contributed by atoms with Crippen molar-refractivity contribution >= 4 is 0 Å². The van der Waals surface area contributed by atoms with Gasteiger partial charge in [-0.1, -0.05) is 60.1 Å². The Labute approximate surface area is 158 Å². The molecular weight excluding hydrogens is 300 g/mol. The molecule has 0 aromatic carbocycles. The molecule has 0 rings (SSSR count). The molecule has 0 aliphatic heterocycles. The SMILES string of the molecule is C=CC(C)CCC(CC=C(C)CCC=C(C)C)C(=C)CCC=C(C)C. The summed E-state index contributed by atoms with van der Waals surface area (Å²) in [6, 6.07) is 0. The van der Waals surface area contributed by atoms with Crippen LogP contribution in [0.15, 0.2) is 59.8 Å². The third-order valence-corrected chi connectivity index (χ3v) is 4.81. The average molecular weight is 343 g/mol. The average Bonchev–Trinajstić information content (AvgIpc) is 2.53. The van der Waals surface area contributed by atoms with Crippen molar-refractivity contribution in [2.24, 2.45) is 11.8 Å². The molecule has 0 radical (unpaired) electrons. The Morgan fingerprint density at radius 2 is 1.40 bits per heavy atom. The minimum atomic E-state index is 0.593. The summed E-state index contributed by atoms with van der Waals surface area (Å²) in [7, 11) is 0. The quantitative estimate of drug-likeness (QED) is 0.294. The molecule has 0 spiro atoms. The van der Waals surface area contributed by atoms with Crippen LogP contribution in [0, 0.1) is 11.8 Å². The third kappa shape index (κ3) is 13.6. The summed E-state index contributed by atoms with van der Waals surface area (Å²) >= 11 is 0. The first-order valence-electron chi connectivity index (χ1n) is 9.98. The first kappa shape index (κ1) is 23.7. The summed E-state index contributed by atoms with van der Waals surface area (Å²) in [5.41, 5.74) is 5.75. The molecule has 2 atom stereocenters. The van der Waals surface area contributed by atoms with Gasteiger partial charge < -0.3 is 0 Å². The molecule has 0 bridgehead atoms. The zero-order valence-corrected chi connectivity index (χ0v) is 17.8. The maximum absolute atomic E-state index is 4.43. The van der Waals surface area contributed by atoms with Crippen LogP contribution in [0.1, 0.15) is 86.5 Å². The molecule has 0 heteroatoms. The van der Waals surface area contributed by atoms with E-state index in [2.05, 4.69) is 79.0 Å². The van der Waals surface area contributed by atoms with Gasteiger partial charge in [-0.15, -0.1) is 6.58 Å². The Hall–Kier alpha value is -1.30. The van der Waals surface area contributed by atoms with Gasteiger partial charge in [-0.3, -0.25) is 0 Å². The maximum atomic E-state index is 4.43. The van der Waals surface area contributed by atoms with Gasteiger partial charge in [0, 0.05) is 0 Å². The molecule has 0 aromatic rings. The van der Waals surface area contributed by atoms with E-state index < -0.39 is 0 Å². The van der Waals surface area contributed by atoms with E-state index in [-0.39, 0.29) is 0 Å². The Morgan fingerprint density at radius 3 is 1.92 bits per heavy atom. The largest absolute Gasteiger partial charge is 0.103 e. The number of hydrogen-bond acceptors (Lipinski definition) is 0. The Kier molecular flexibility index (Phi) is 13.2. The molecule has 0 nitrogen and oxygen atoms in total. The molecule has 0 heterocycles.